The summed E-state index contributed by atoms with van der Waals surface area (Å²) in [5.74, 6) is -2.66. The zero-order chi connectivity index (χ0) is 23.8. The average molecular weight is 452 g/mol. The van der Waals surface area contributed by atoms with Crippen molar-refractivity contribution in [1.29, 1.82) is 0 Å². The van der Waals surface area contributed by atoms with Crippen molar-refractivity contribution in [3.05, 3.63) is 99.2 Å². The first kappa shape index (κ1) is 23.4. The van der Waals surface area contributed by atoms with E-state index in [1.165, 1.54) is 18.2 Å². The minimum atomic E-state index is -0.907. The van der Waals surface area contributed by atoms with Gasteiger partial charge in [-0.2, -0.15) is 0 Å². The Morgan fingerprint density at radius 3 is 2.45 bits per heavy atom. The summed E-state index contributed by atoms with van der Waals surface area (Å²) in [5, 5.41) is 2.48. The molecule has 1 N–H and O–H groups in total. The Morgan fingerprint density at radius 2 is 1.79 bits per heavy atom. The number of aromatic nitrogens is 1. The Morgan fingerprint density at radius 1 is 1.09 bits per heavy atom. The van der Waals surface area contributed by atoms with Crippen molar-refractivity contribution in [3.8, 4) is 5.75 Å². The summed E-state index contributed by atoms with van der Waals surface area (Å²) in [6.45, 7) is -0.570. The van der Waals surface area contributed by atoms with Crippen LogP contribution in [0.2, 0.25) is 0 Å². The number of nitrogens with one attached hydrogen (secondary N) is 1. The normalized spacial score (nSPS) is 10.4. The molecule has 0 saturated carbocycles. The minimum Gasteiger partial charge on any atom is -0.482 e. The molecule has 0 spiro atoms. The number of halogens is 1. The predicted octanol–water partition coefficient (Wildman–Crippen LogP) is 2.48. The van der Waals surface area contributed by atoms with Gasteiger partial charge in [-0.3, -0.25) is 9.59 Å². The molecule has 0 fully saturated rings. The molecule has 3 aromatic rings. The molecule has 1 heterocycles. The molecule has 2 aromatic carbocycles. The van der Waals surface area contributed by atoms with Crippen molar-refractivity contribution in [2.24, 2.45) is 0 Å². The van der Waals surface area contributed by atoms with Gasteiger partial charge >= 0.3 is 5.97 Å². The van der Waals surface area contributed by atoms with Gasteiger partial charge in [0.05, 0.1) is 13.7 Å². The molecule has 0 unspecified atom stereocenters. The minimum absolute atomic E-state index is 0.0680. The maximum absolute atomic E-state index is 13.9. The lowest BCUT2D eigenvalue weighted by atomic mass is 10.1. The fraction of sp³-hybridized carbons (Fsp3) is 0.167. The van der Waals surface area contributed by atoms with E-state index >= 15 is 0 Å². The van der Waals surface area contributed by atoms with Crippen LogP contribution in [0.15, 0.2) is 65.6 Å². The first-order valence-electron chi connectivity index (χ1n) is 9.94. The van der Waals surface area contributed by atoms with Crippen molar-refractivity contribution in [2.75, 3.05) is 7.11 Å². The molecule has 9 heteroatoms. The van der Waals surface area contributed by atoms with E-state index in [1.54, 1.807) is 36.4 Å². The van der Waals surface area contributed by atoms with E-state index < -0.39 is 28.9 Å². The van der Waals surface area contributed by atoms with Gasteiger partial charge in [0, 0.05) is 18.3 Å². The molecule has 8 nitrogen and oxygen atoms in total. The summed E-state index contributed by atoms with van der Waals surface area (Å²) in [6, 6.07) is 14.7. The molecule has 0 atom stereocenters. The zero-order valence-electron chi connectivity index (χ0n) is 17.7. The fourth-order valence-corrected chi connectivity index (χ4v) is 3.11. The van der Waals surface area contributed by atoms with E-state index in [4.69, 9.17) is 9.47 Å². The van der Waals surface area contributed by atoms with E-state index in [1.807, 2.05) is 0 Å². The van der Waals surface area contributed by atoms with Gasteiger partial charge in [0.2, 0.25) is 5.43 Å². The third-order valence-corrected chi connectivity index (χ3v) is 4.76. The van der Waals surface area contributed by atoms with Crippen molar-refractivity contribution < 1.29 is 28.2 Å². The monoisotopic (exact) mass is 452 g/mol. The maximum atomic E-state index is 13.9. The van der Waals surface area contributed by atoms with Gasteiger partial charge in [-0.15, -0.1) is 0 Å². The van der Waals surface area contributed by atoms with E-state index in [2.05, 4.69) is 5.32 Å². The summed E-state index contributed by atoms with van der Waals surface area (Å²) in [4.78, 5) is 49.5. The van der Waals surface area contributed by atoms with Crippen LogP contribution in [-0.4, -0.2) is 29.8 Å². The summed E-state index contributed by atoms with van der Waals surface area (Å²) < 4.78 is 25.4. The number of benzene rings is 2. The van der Waals surface area contributed by atoms with Gasteiger partial charge in [0.15, 0.2) is 11.4 Å². The second kappa shape index (κ2) is 10.9. The Bertz CT molecular complexity index is 1220. The molecule has 1 aromatic heterocycles. The molecule has 0 aliphatic rings. The van der Waals surface area contributed by atoms with Crippen molar-refractivity contribution in [2.45, 2.75) is 19.7 Å². The van der Waals surface area contributed by atoms with Crippen LogP contribution in [0.25, 0.3) is 0 Å². The van der Waals surface area contributed by atoms with E-state index in [-0.39, 0.29) is 36.5 Å². The number of esters is 1. The lowest BCUT2D eigenvalue weighted by molar-refractivity contribution is -0.108. The molecule has 0 bridgehead atoms. The number of amides is 1. The van der Waals surface area contributed by atoms with Crippen molar-refractivity contribution in [1.82, 2.24) is 9.88 Å². The average Bonchev–Trinajstić information content (AvgIpc) is 2.83. The Labute approximate surface area is 188 Å². The lowest BCUT2D eigenvalue weighted by Gasteiger charge is -2.17. The highest BCUT2D eigenvalue weighted by molar-refractivity contribution is 5.97. The van der Waals surface area contributed by atoms with Crippen molar-refractivity contribution >= 4 is 18.2 Å². The Hall–Kier alpha value is -4.27. The van der Waals surface area contributed by atoms with Crippen LogP contribution in [0.3, 0.4) is 0 Å². The van der Waals surface area contributed by atoms with E-state index in [0.29, 0.717) is 11.8 Å². The highest BCUT2D eigenvalue weighted by atomic mass is 19.1. The van der Waals surface area contributed by atoms with Gasteiger partial charge < -0.3 is 24.2 Å². The number of hydrogen-bond donors (Lipinski definition) is 1. The van der Waals surface area contributed by atoms with Crippen molar-refractivity contribution in [3.63, 3.8) is 0 Å². The molecule has 3 rings (SSSR count). The van der Waals surface area contributed by atoms with Crippen LogP contribution >= 0.6 is 0 Å². The topological polar surface area (TPSA) is 104 Å². The number of hydrogen-bond acceptors (Lipinski definition) is 6. The summed E-state index contributed by atoms with van der Waals surface area (Å²) in [6.07, 6.45) is 1.58. The standard InChI is InChI=1S/C24H21FN2O6/c1-32-24(31)20-22(33-15-16-7-3-2-4-8-16)21(29)18(14-27(20)11-12-28)23(30)26-13-17-9-5-6-10-19(17)25/h2-10,12,14H,11,13,15H2,1H3,(H,26,30). The van der Waals surface area contributed by atoms with Crippen LogP contribution < -0.4 is 15.5 Å². The molecular weight excluding hydrogens is 431 g/mol. The largest absolute Gasteiger partial charge is 0.482 e. The molecule has 33 heavy (non-hydrogen) atoms. The number of pyridine rings is 1. The molecule has 0 aliphatic carbocycles. The van der Waals surface area contributed by atoms with Gasteiger partial charge in [-0.05, 0) is 11.6 Å². The number of rotatable bonds is 9. The van der Waals surface area contributed by atoms with Crippen LogP contribution in [0.4, 0.5) is 4.39 Å². The molecule has 1 amide bonds. The second-order valence-corrected chi connectivity index (χ2v) is 6.91. The number of nitrogens with zero attached hydrogens (tertiary/aromatic N) is 1. The molecule has 0 radical (unpaired) electrons. The van der Waals surface area contributed by atoms with Gasteiger partial charge in [0.1, 0.15) is 24.3 Å². The summed E-state index contributed by atoms with van der Waals surface area (Å²) >= 11 is 0. The van der Waals surface area contributed by atoms with Gasteiger partial charge in [-0.25, -0.2) is 9.18 Å². The summed E-state index contributed by atoms with van der Waals surface area (Å²) in [7, 11) is 1.12. The Kier molecular flexibility index (Phi) is 7.69. The second-order valence-electron chi connectivity index (χ2n) is 6.91. The van der Waals surface area contributed by atoms with Gasteiger partial charge in [0.25, 0.3) is 5.91 Å². The highest BCUT2D eigenvalue weighted by Crippen LogP contribution is 2.19. The number of ether oxygens (including phenoxy) is 2. The third kappa shape index (κ3) is 5.51. The molecule has 170 valence electrons. The van der Waals surface area contributed by atoms with Gasteiger partial charge in [-0.1, -0.05) is 48.5 Å². The fourth-order valence-electron chi connectivity index (χ4n) is 3.11. The summed E-state index contributed by atoms with van der Waals surface area (Å²) in [5.41, 5.74) is -0.588. The number of methoxy groups -OCH3 is 1. The maximum Gasteiger partial charge on any atom is 0.358 e. The zero-order valence-corrected chi connectivity index (χ0v) is 17.7. The highest BCUT2D eigenvalue weighted by Gasteiger charge is 2.26. The third-order valence-electron chi connectivity index (χ3n) is 4.76. The number of carbonyl (C=O) groups excluding carboxylic acids is 3. The lowest BCUT2D eigenvalue weighted by Crippen LogP contribution is -2.32. The van der Waals surface area contributed by atoms with Crippen LogP contribution in [-0.2, 0) is 29.2 Å². The van der Waals surface area contributed by atoms with E-state index in [0.717, 1.165) is 17.9 Å². The number of carbonyl (C=O) groups is 3. The van der Waals surface area contributed by atoms with Crippen LogP contribution in [0, 0.1) is 5.82 Å². The SMILES string of the molecule is COC(=O)c1c(OCc2ccccc2)c(=O)c(C(=O)NCc2ccccc2F)cn1CC=O. The van der Waals surface area contributed by atoms with Crippen LogP contribution in [0.1, 0.15) is 32.0 Å². The predicted molar refractivity (Wildman–Crippen MR) is 116 cm³/mol. The number of aldehydes is 1. The van der Waals surface area contributed by atoms with E-state index in [9.17, 15) is 23.6 Å². The molecule has 0 aliphatic heterocycles. The smallest absolute Gasteiger partial charge is 0.358 e. The first-order chi connectivity index (χ1) is 16.0. The van der Waals surface area contributed by atoms with Crippen LogP contribution in [0.5, 0.6) is 5.75 Å². The molecular formula is C24H21FN2O6. The first-order valence-corrected chi connectivity index (χ1v) is 9.94. The molecule has 0 saturated heterocycles. The Balaban J connectivity index is 2.00. The quantitative estimate of drug-likeness (QED) is 0.395.